The van der Waals surface area contributed by atoms with Gasteiger partial charge in [0.25, 0.3) is 11.4 Å². The Morgan fingerprint density at radius 1 is 0.946 bits per heavy atom. The molecular formula is C26H26ClN3O7. The monoisotopic (exact) mass is 527 g/mol. The number of methoxy groups -OCH3 is 3. The van der Waals surface area contributed by atoms with Crippen LogP contribution in [0.5, 0.6) is 17.2 Å². The first-order valence-corrected chi connectivity index (χ1v) is 11.7. The smallest absolute Gasteiger partial charge is 0.264 e. The van der Waals surface area contributed by atoms with E-state index in [-0.39, 0.29) is 41.9 Å². The van der Waals surface area contributed by atoms with Crippen LogP contribution >= 0.6 is 11.6 Å². The molecule has 4 rings (SSSR count). The molecule has 0 unspecified atom stereocenters. The summed E-state index contributed by atoms with van der Waals surface area (Å²) in [5.41, 5.74) is 1.07. The molecule has 194 valence electrons. The summed E-state index contributed by atoms with van der Waals surface area (Å²) in [6.07, 6.45) is 0.321. The van der Waals surface area contributed by atoms with Crippen LogP contribution in [0.4, 0.5) is 0 Å². The van der Waals surface area contributed by atoms with Gasteiger partial charge in [-0.1, -0.05) is 29.8 Å². The Kier molecular flexibility index (Phi) is 8.44. The Morgan fingerprint density at radius 3 is 2.30 bits per heavy atom. The minimum Gasteiger partial charge on any atom is -0.506 e. The van der Waals surface area contributed by atoms with E-state index < -0.39 is 5.56 Å². The van der Waals surface area contributed by atoms with Crippen LogP contribution in [0.3, 0.4) is 0 Å². The molecule has 0 spiro atoms. The van der Waals surface area contributed by atoms with Crippen LogP contribution in [-0.2, 0) is 22.5 Å². The number of aromatic hydroxyl groups is 1. The number of aromatic amines is 1. The van der Waals surface area contributed by atoms with Gasteiger partial charge in [0.15, 0.2) is 0 Å². The maximum absolute atomic E-state index is 13.1. The molecule has 10 nitrogen and oxygen atoms in total. The lowest BCUT2D eigenvalue weighted by Gasteiger charge is -2.18. The molecule has 0 fully saturated rings. The van der Waals surface area contributed by atoms with E-state index in [1.54, 1.807) is 37.4 Å². The Balaban J connectivity index is 1.82. The first kappa shape index (κ1) is 26.2. The molecule has 0 saturated carbocycles. The summed E-state index contributed by atoms with van der Waals surface area (Å²) in [5, 5.41) is 20.2. The summed E-state index contributed by atoms with van der Waals surface area (Å²) in [7, 11) is 4.55. The number of pyridine rings is 1. The molecular weight excluding hydrogens is 502 g/mol. The van der Waals surface area contributed by atoms with Gasteiger partial charge in [0, 0.05) is 12.1 Å². The minimum absolute atomic E-state index is 0.0192. The van der Waals surface area contributed by atoms with Crippen molar-refractivity contribution in [3.8, 4) is 39.8 Å². The average Bonchev–Trinajstić information content (AvgIpc) is 3.35. The normalized spacial score (nSPS) is 11.0. The van der Waals surface area contributed by atoms with E-state index in [0.29, 0.717) is 40.8 Å². The lowest BCUT2D eigenvalue weighted by atomic mass is 9.98. The van der Waals surface area contributed by atoms with Crippen LogP contribution in [0.2, 0.25) is 5.02 Å². The van der Waals surface area contributed by atoms with Crippen molar-refractivity contribution in [3.05, 3.63) is 75.0 Å². The molecule has 0 bridgehead atoms. The number of hydrogen-bond acceptors (Lipinski definition) is 9. The number of nitrogens with zero attached hydrogens (tertiary/aromatic N) is 2. The van der Waals surface area contributed by atoms with Crippen molar-refractivity contribution in [1.82, 2.24) is 15.2 Å². The molecule has 2 aromatic carbocycles. The number of nitrogens with one attached hydrogen (secondary N) is 1. The Hall–Kier alpha value is -3.86. The molecule has 0 aliphatic heterocycles. The quantitative estimate of drug-likeness (QED) is 0.275. The van der Waals surface area contributed by atoms with Crippen molar-refractivity contribution in [2.24, 2.45) is 0 Å². The molecule has 0 aliphatic carbocycles. The molecule has 0 aliphatic rings. The number of halogens is 1. The van der Waals surface area contributed by atoms with Gasteiger partial charge in [0.05, 0.1) is 57.3 Å². The highest BCUT2D eigenvalue weighted by Gasteiger charge is 2.27. The van der Waals surface area contributed by atoms with Gasteiger partial charge >= 0.3 is 0 Å². The van der Waals surface area contributed by atoms with Crippen molar-refractivity contribution >= 4 is 11.6 Å². The van der Waals surface area contributed by atoms with E-state index in [0.717, 1.165) is 5.56 Å². The predicted molar refractivity (Wildman–Crippen MR) is 136 cm³/mol. The molecule has 0 radical (unpaired) electrons. The second-order valence-corrected chi connectivity index (χ2v) is 8.35. The topological polar surface area (TPSA) is 129 Å². The highest BCUT2D eigenvalue weighted by atomic mass is 35.5. The standard InChI is InChI=1S/C26H26ClN3O7/c1-33-11-12-36-14-17-21(22-18(34-2)5-4-6-19(22)35-3)24(31)23(25(32)28-17)26-30-29-20(37-26)13-15-7-9-16(27)10-8-15/h4-10H,11-14H2,1-3H3,(H2,28,31,32). The fraction of sp³-hybridized carbons (Fsp3) is 0.269. The fourth-order valence-corrected chi connectivity index (χ4v) is 3.96. The third-order valence-corrected chi connectivity index (χ3v) is 5.82. The lowest BCUT2D eigenvalue weighted by Crippen LogP contribution is -2.16. The van der Waals surface area contributed by atoms with Gasteiger partial charge in [-0.3, -0.25) is 4.79 Å². The molecule has 0 amide bonds. The van der Waals surface area contributed by atoms with Crippen LogP contribution in [-0.4, -0.2) is 54.8 Å². The first-order valence-electron chi connectivity index (χ1n) is 11.3. The zero-order chi connectivity index (χ0) is 26.4. The zero-order valence-electron chi connectivity index (χ0n) is 20.5. The van der Waals surface area contributed by atoms with Crippen molar-refractivity contribution < 1.29 is 28.5 Å². The third kappa shape index (κ3) is 5.77. The average molecular weight is 528 g/mol. The maximum atomic E-state index is 13.1. The molecule has 2 N–H and O–H groups in total. The van der Waals surface area contributed by atoms with Gasteiger partial charge < -0.3 is 33.5 Å². The van der Waals surface area contributed by atoms with Gasteiger partial charge in [-0.25, -0.2) is 0 Å². The highest BCUT2D eigenvalue weighted by Crippen LogP contribution is 2.46. The molecule has 37 heavy (non-hydrogen) atoms. The number of H-pyrrole nitrogens is 1. The van der Waals surface area contributed by atoms with E-state index in [2.05, 4.69) is 15.2 Å². The van der Waals surface area contributed by atoms with Gasteiger partial charge in [0.2, 0.25) is 5.89 Å². The number of ether oxygens (including phenoxy) is 4. The zero-order valence-corrected chi connectivity index (χ0v) is 21.3. The van der Waals surface area contributed by atoms with Crippen molar-refractivity contribution in [2.45, 2.75) is 13.0 Å². The van der Waals surface area contributed by atoms with Crippen molar-refractivity contribution in [1.29, 1.82) is 0 Å². The number of rotatable bonds is 11. The third-order valence-electron chi connectivity index (χ3n) is 5.57. The summed E-state index contributed by atoms with van der Waals surface area (Å²) >= 11 is 5.95. The van der Waals surface area contributed by atoms with E-state index in [1.165, 1.54) is 14.2 Å². The highest BCUT2D eigenvalue weighted by molar-refractivity contribution is 6.30. The van der Waals surface area contributed by atoms with Gasteiger partial charge in [0.1, 0.15) is 22.8 Å². The van der Waals surface area contributed by atoms with Crippen LogP contribution < -0.4 is 15.0 Å². The molecule has 11 heteroatoms. The SMILES string of the molecule is COCCOCc1[nH]c(=O)c(-c2nnc(Cc3ccc(Cl)cc3)o2)c(O)c1-c1c(OC)cccc1OC. The molecule has 4 aromatic rings. The molecule has 2 heterocycles. The summed E-state index contributed by atoms with van der Waals surface area (Å²) in [5.74, 6) is 0.585. The first-order chi connectivity index (χ1) is 18.0. The van der Waals surface area contributed by atoms with Crippen molar-refractivity contribution in [2.75, 3.05) is 34.5 Å². The Labute approximate surface area is 217 Å². The molecule has 0 saturated heterocycles. The summed E-state index contributed by atoms with van der Waals surface area (Å²) in [6, 6.07) is 12.4. The van der Waals surface area contributed by atoms with Gasteiger partial charge in [-0.2, -0.15) is 0 Å². The van der Waals surface area contributed by atoms with Crippen LogP contribution in [0.15, 0.2) is 51.7 Å². The summed E-state index contributed by atoms with van der Waals surface area (Å²) in [6.45, 7) is 0.621. The van der Waals surface area contributed by atoms with Gasteiger partial charge in [-0.05, 0) is 29.8 Å². The van der Waals surface area contributed by atoms with Crippen LogP contribution in [0.1, 0.15) is 17.1 Å². The Morgan fingerprint density at radius 2 is 1.65 bits per heavy atom. The van der Waals surface area contributed by atoms with Crippen LogP contribution in [0.25, 0.3) is 22.6 Å². The van der Waals surface area contributed by atoms with E-state index >= 15 is 0 Å². The van der Waals surface area contributed by atoms with E-state index in [4.69, 9.17) is 35.0 Å². The van der Waals surface area contributed by atoms with E-state index in [1.807, 2.05) is 12.1 Å². The second-order valence-electron chi connectivity index (χ2n) is 7.92. The largest absolute Gasteiger partial charge is 0.506 e. The molecule has 0 atom stereocenters. The number of hydrogen-bond donors (Lipinski definition) is 2. The van der Waals surface area contributed by atoms with Gasteiger partial charge in [-0.15, -0.1) is 10.2 Å². The van der Waals surface area contributed by atoms with Crippen molar-refractivity contribution in [3.63, 3.8) is 0 Å². The predicted octanol–water partition coefficient (Wildman–Crippen LogP) is 4.22. The summed E-state index contributed by atoms with van der Waals surface area (Å²) < 4.78 is 27.5. The number of aromatic nitrogens is 3. The second kappa shape index (κ2) is 11.9. The Bertz CT molecular complexity index is 1390. The minimum atomic E-state index is -0.623. The maximum Gasteiger partial charge on any atom is 0.264 e. The molecule has 2 aromatic heterocycles. The number of benzene rings is 2. The van der Waals surface area contributed by atoms with Crippen LogP contribution in [0, 0.1) is 0 Å². The fourth-order valence-electron chi connectivity index (χ4n) is 3.83. The summed E-state index contributed by atoms with van der Waals surface area (Å²) in [4.78, 5) is 15.9. The lowest BCUT2D eigenvalue weighted by molar-refractivity contribution is 0.0603. The van der Waals surface area contributed by atoms with E-state index in [9.17, 15) is 9.90 Å².